The quantitative estimate of drug-likeness (QED) is 0.798. The Labute approximate surface area is 116 Å². The Morgan fingerprint density at radius 2 is 2.05 bits per heavy atom. The summed E-state index contributed by atoms with van der Waals surface area (Å²) in [6, 6.07) is 3.53. The predicted octanol–water partition coefficient (Wildman–Crippen LogP) is 3.07. The van der Waals surface area contributed by atoms with Crippen molar-refractivity contribution in [3.05, 3.63) is 28.3 Å². The first kappa shape index (κ1) is 12.7. The molecule has 3 atom stereocenters. The van der Waals surface area contributed by atoms with Gasteiger partial charge in [-0.2, -0.15) is 0 Å². The predicted molar refractivity (Wildman–Crippen MR) is 71.9 cm³/mol. The molecule has 1 aromatic carbocycles. The standard InChI is InChI=1S/C15H15ClO3/c1-7-3-10-4-9(5-13(16)15(10)19-7)14(18)12-6-11(12)8(2)17/h4-5,7,11-12H,3,6H2,1-2H3/t7?,11-,12+/m1/s1. The molecule has 0 saturated heterocycles. The molecular weight excluding hydrogens is 264 g/mol. The Hall–Kier alpha value is -1.35. The number of fused-ring (bicyclic) bond motifs is 1. The van der Waals surface area contributed by atoms with Crippen molar-refractivity contribution < 1.29 is 14.3 Å². The second-order valence-corrected chi connectivity index (χ2v) is 5.91. The van der Waals surface area contributed by atoms with E-state index in [0.717, 1.165) is 12.0 Å². The Bertz CT molecular complexity index is 579. The van der Waals surface area contributed by atoms with Crippen LogP contribution in [0.4, 0.5) is 0 Å². The number of carbonyl (C=O) groups is 2. The molecule has 0 radical (unpaired) electrons. The Morgan fingerprint density at radius 3 is 2.68 bits per heavy atom. The van der Waals surface area contributed by atoms with Crippen LogP contribution in [0.3, 0.4) is 0 Å². The second-order valence-electron chi connectivity index (χ2n) is 5.50. The summed E-state index contributed by atoms with van der Waals surface area (Å²) in [6.07, 6.45) is 1.55. The van der Waals surface area contributed by atoms with Crippen LogP contribution in [0.15, 0.2) is 12.1 Å². The maximum atomic E-state index is 12.3. The number of hydrogen-bond donors (Lipinski definition) is 0. The maximum absolute atomic E-state index is 12.3. The normalized spacial score (nSPS) is 27.6. The minimum atomic E-state index is -0.147. The number of rotatable bonds is 3. The van der Waals surface area contributed by atoms with Gasteiger partial charge in [-0.1, -0.05) is 11.6 Å². The molecule has 0 amide bonds. The zero-order valence-corrected chi connectivity index (χ0v) is 11.7. The lowest BCUT2D eigenvalue weighted by Gasteiger charge is -2.06. The summed E-state index contributed by atoms with van der Waals surface area (Å²) < 4.78 is 5.61. The fraction of sp³-hybridized carbons (Fsp3) is 0.467. The monoisotopic (exact) mass is 278 g/mol. The molecule has 0 aromatic heterocycles. The van der Waals surface area contributed by atoms with Crippen LogP contribution in [0.5, 0.6) is 5.75 Å². The van der Waals surface area contributed by atoms with E-state index in [0.29, 0.717) is 22.8 Å². The van der Waals surface area contributed by atoms with E-state index in [9.17, 15) is 9.59 Å². The van der Waals surface area contributed by atoms with Crippen LogP contribution < -0.4 is 4.74 Å². The first-order valence-electron chi connectivity index (χ1n) is 6.51. The fourth-order valence-corrected chi connectivity index (χ4v) is 3.06. The highest BCUT2D eigenvalue weighted by Crippen LogP contribution is 2.43. The van der Waals surface area contributed by atoms with Crippen LogP contribution in [-0.4, -0.2) is 17.7 Å². The van der Waals surface area contributed by atoms with Crippen molar-refractivity contribution in [3.8, 4) is 5.75 Å². The van der Waals surface area contributed by atoms with Gasteiger partial charge in [0.05, 0.1) is 5.02 Å². The summed E-state index contributed by atoms with van der Waals surface area (Å²) in [6.45, 7) is 3.52. The highest BCUT2D eigenvalue weighted by atomic mass is 35.5. The summed E-state index contributed by atoms with van der Waals surface area (Å²) in [5, 5.41) is 0.491. The summed E-state index contributed by atoms with van der Waals surface area (Å²) in [5.41, 5.74) is 1.60. The van der Waals surface area contributed by atoms with E-state index in [2.05, 4.69) is 0 Å². The first-order valence-corrected chi connectivity index (χ1v) is 6.89. The number of benzene rings is 1. The molecular formula is C15H15ClO3. The van der Waals surface area contributed by atoms with Gasteiger partial charge in [0.2, 0.25) is 0 Å². The third-order valence-corrected chi connectivity index (χ3v) is 4.16. The van der Waals surface area contributed by atoms with Crippen LogP contribution in [0.25, 0.3) is 0 Å². The van der Waals surface area contributed by atoms with Crippen molar-refractivity contribution in [2.24, 2.45) is 11.8 Å². The molecule has 0 spiro atoms. The van der Waals surface area contributed by atoms with E-state index in [1.165, 1.54) is 0 Å². The van der Waals surface area contributed by atoms with Gasteiger partial charge < -0.3 is 4.74 Å². The van der Waals surface area contributed by atoms with Crippen LogP contribution in [0, 0.1) is 11.8 Å². The molecule has 0 bridgehead atoms. The molecule has 1 aliphatic heterocycles. The molecule has 2 aliphatic rings. The highest BCUT2D eigenvalue weighted by molar-refractivity contribution is 6.32. The van der Waals surface area contributed by atoms with Gasteiger partial charge in [-0.3, -0.25) is 9.59 Å². The van der Waals surface area contributed by atoms with E-state index < -0.39 is 0 Å². The molecule has 3 rings (SSSR count). The van der Waals surface area contributed by atoms with Gasteiger partial charge in [-0.15, -0.1) is 0 Å². The molecule has 1 aromatic rings. The average molecular weight is 279 g/mol. The number of Topliss-reactive ketones (excluding diaryl/α,β-unsaturated/α-hetero) is 2. The van der Waals surface area contributed by atoms with E-state index in [1.54, 1.807) is 13.0 Å². The van der Waals surface area contributed by atoms with Gasteiger partial charge in [-0.25, -0.2) is 0 Å². The van der Waals surface area contributed by atoms with E-state index in [4.69, 9.17) is 16.3 Å². The summed E-state index contributed by atoms with van der Waals surface area (Å²) in [4.78, 5) is 23.6. The van der Waals surface area contributed by atoms with Gasteiger partial charge in [0, 0.05) is 29.4 Å². The fourth-order valence-electron chi connectivity index (χ4n) is 2.78. The topological polar surface area (TPSA) is 43.4 Å². The molecule has 100 valence electrons. The zero-order valence-electron chi connectivity index (χ0n) is 10.9. The smallest absolute Gasteiger partial charge is 0.166 e. The van der Waals surface area contributed by atoms with Crippen LogP contribution >= 0.6 is 11.6 Å². The van der Waals surface area contributed by atoms with Crippen molar-refractivity contribution in [2.45, 2.75) is 32.8 Å². The number of hydrogen-bond acceptors (Lipinski definition) is 3. The molecule has 19 heavy (non-hydrogen) atoms. The lowest BCUT2D eigenvalue weighted by atomic mass is 10.0. The molecule has 4 heteroatoms. The minimum Gasteiger partial charge on any atom is -0.489 e. The molecule has 1 saturated carbocycles. The third kappa shape index (κ3) is 2.16. The number of carbonyl (C=O) groups excluding carboxylic acids is 2. The molecule has 3 nitrogen and oxygen atoms in total. The zero-order chi connectivity index (χ0) is 13.7. The Balaban J connectivity index is 1.87. The number of ether oxygens (including phenoxy) is 1. The van der Waals surface area contributed by atoms with Gasteiger partial charge in [0.1, 0.15) is 17.6 Å². The van der Waals surface area contributed by atoms with Crippen molar-refractivity contribution in [2.75, 3.05) is 0 Å². The van der Waals surface area contributed by atoms with Crippen molar-refractivity contribution in [1.82, 2.24) is 0 Å². The van der Waals surface area contributed by atoms with Crippen LogP contribution in [-0.2, 0) is 11.2 Å². The number of halogens is 1. The lowest BCUT2D eigenvalue weighted by Crippen LogP contribution is -2.07. The summed E-state index contributed by atoms with van der Waals surface area (Å²) >= 11 is 6.16. The van der Waals surface area contributed by atoms with Crippen LogP contribution in [0.2, 0.25) is 5.02 Å². The van der Waals surface area contributed by atoms with Crippen molar-refractivity contribution in [1.29, 1.82) is 0 Å². The average Bonchev–Trinajstić information content (AvgIpc) is 3.05. The maximum Gasteiger partial charge on any atom is 0.166 e. The molecule has 1 unspecified atom stereocenters. The van der Waals surface area contributed by atoms with E-state index in [1.807, 2.05) is 13.0 Å². The molecule has 1 aliphatic carbocycles. The SMILES string of the molecule is CC(=O)[C@H]1C[C@@H]1C(=O)c1cc(Cl)c2c(c1)CC(C)O2. The first-order chi connectivity index (χ1) is 8.97. The number of ketones is 2. The van der Waals surface area contributed by atoms with Crippen LogP contribution in [0.1, 0.15) is 36.2 Å². The second kappa shape index (κ2) is 4.34. The summed E-state index contributed by atoms with van der Waals surface area (Å²) in [7, 11) is 0. The third-order valence-electron chi connectivity index (χ3n) is 3.88. The van der Waals surface area contributed by atoms with E-state index >= 15 is 0 Å². The Kier molecular flexibility index (Phi) is 2.90. The van der Waals surface area contributed by atoms with E-state index in [-0.39, 0.29) is 29.5 Å². The summed E-state index contributed by atoms with van der Waals surface area (Å²) in [5.74, 6) is 0.595. The Morgan fingerprint density at radius 1 is 1.32 bits per heavy atom. The van der Waals surface area contributed by atoms with Crippen molar-refractivity contribution in [3.63, 3.8) is 0 Å². The minimum absolute atomic E-state index is 0.0319. The van der Waals surface area contributed by atoms with Gasteiger partial charge in [0.25, 0.3) is 0 Å². The molecule has 1 fully saturated rings. The van der Waals surface area contributed by atoms with Gasteiger partial charge in [0.15, 0.2) is 5.78 Å². The lowest BCUT2D eigenvalue weighted by molar-refractivity contribution is -0.118. The largest absolute Gasteiger partial charge is 0.489 e. The highest BCUT2D eigenvalue weighted by Gasteiger charge is 2.46. The molecule has 1 heterocycles. The molecule has 0 N–H and O–H groups in total. The van der Waals surface area contributed by atoms with Gasteiger partial charge >= 0.3 is 0 Å². The van der Waals surface area contributed by atoms with Crippen molar-refractivity contribution >= 4 is 23.2 Å². The van der Waals surface area contributed by atoms with Gasteiger partial charge in [-0.05, 0) is 32.4 Å².